The molecule has 2 aromatic rings. The van der Waals surface area contributed by atoms with Crippen molar-refractivity contribution in [3.63, 3.8) is 0 Å². The summed E-state index contributed by atoms with van der Waals surface area (Å²) in [5, 5.41) is 3.28. The monoisotopic (exact) mass is 317 g/mol. The van der Waals surface area contributed by atoms with Crippen molar-refractivity contribution in [3.05, 3.63) is 53.8 Å². The summed E-state index contributed by atoms with van der Waals surface area (Å²) in [4.78, 5) is 0. The van der Waals surface area contributed by atoms with Gasteiger partial charge >= 0.3 is 0 Å². The lowest BCUT2D eigenvalue weighted by molar-refractivity contribution is 0.199. The van der Waals surface area contributed by atoms with Gasteiger partial charge in [-0.25, -0.2) is 4.39 Å². The van der Waals surface area contributed by atoms with E-state index in [1.54, 1.807) is 6.07 Å². The molecule has 0 radical (unpaired) electrons. The average Bonchev–Trinajstić information content (AvgIpc) is 2.46. The lowest BCUT2D eigenvalue weighted by Crippen LogP contribution is -2.11. The topological polar surface area (TPSA) is 30.5 Å². The van der Waals surface area contributed by atoms with Gasteiger partial charge in [-0.2, -0.15) is 0 Å². The standard InChI is InChI=1S/C19H24FNO2/c1-13(2)22-18-9-8-17(11-19(18)23-14(3)4)21-12-15-6-5-7-16(20)10-15/h5-11,13-14,21H,12H2,1-4H3. The number of rotatable bonds is 7. The van der Waals surface area contributed by atoms with Gasteiger partial charge in [0.1, 0.15) is 5.82 Å². The lowest BCUT2D eigenvalue weighted by atomic mass is 10.2. The number of anilines is 1. The summed E-state index contributed by atoms with van der Waals surface area (Å²) in [7, 11) is 0. The number of hydrogen-bond acceptors (Lipinski definition) is 3. The molecule has 4 heteroatoms. The van der Waals surface area contributed by atoms with Crippen LogP contribution in [-0.4, -0.2) is 12.2 Å². The Morgan fingerprint density at radius 1 is 0.913 bits per heavy atom. The fourth-order valence-corrected chi connectivity index (χ4v) is 2.17. The molecule has 0 saturated heterocycles. The highest BCUT2D eigenvalue weighted by Crippen LogP contribution is 2.32. The zero-order valence-corrected chi connectivity index (χ0v) is 14.1. The van der Waals surface area contributed by atoms with E-state index in [0.29, 0.717) is 12.3 Å². The maximum atomic E-state index is 13.2. The van der Waals surface area contributed by atoms with Crippen LogP contribution < -0.4 is 14.8 Å². The van der Waals surface area contributed by atoms with Gasteiger partial charge < -0.3 is 14.8 Å². The van der Waals surface area contributed by atoms with Gasteiger partial charge in [0.15, 0.2) is 11.5 Å². The Bertz CT molecular complexity index is 641. The van der Waals surface area contributed by atoms with E-state index in [-0.39, 0.29) is 18.0 Å². The molecule has 0 unspecified atom stereocenters. The fourth-order valence-electron chi connectivity index (χ4n) is 2.17. The van der Waals surface area contributed by atoms with E-state index in [4.69, 9.17) is 9.47 Å². The maximum Gasteiger partial charge on any atom is 0.163 e. The second-order valence-corrected chi connectivity index (χ2v) is 5.98. The van der Waals surface area contributed by atoms with Crippen molar-refractivity contribution < 1.29 is 13.9 Å². The third kappa shape index (κ3) is 5.47. The van der Waals surface area contributed by atoms with Gasteiger partial charge in [-0.15, -0.1) is 0 Å². The molecule has 0 aliphatic heterocycles. The summed E-state index contributed by atoms with van der Waals surface area (Å²) in [6.45, 7) is 8.46. The summed E-state index contributed by atoms with van der Waals surface area (Å²) < 4.78 is 24.8. The summed E-state index contributed by atoms with van der Waals surface area (Å²) in [6, 6.07) is 12.3. The molecule has 1 N–H and O–H groups in total. The van der Waals surface area contributed by atoms with Gasteiger partial charge in [-0.05, 0) is 57.5 Å². The van der Waals surface area contributed by atoms with Crippen LogP contribution in [0.15, 0.2) is 42.5 Å². The van der Waals surface area contributed by atoms with Crippen LogP contribution in [-0.2, 0) is 6.54 Å². The van der Waals surface area contributed by atoms with Gasteiger partial charge in [-0.1, -0.05) is 12.1 Å². The molecule has 23 heavy (non-hydrogen) atoms. The predicted octanol–water partition coefficient (Wildman–Crippen LogP) is 5.01. The van der Waals surface area contributed by atoms with E-state index in [1.807, 2.05) is 52.0 Å². The quantitative estimate of drug-likeness (QED) is 0.778. The fraction of sp³-hybridized carbons (Fsp3) is 0.368. The zero-order valence-electron chi connectivity index (χ0n) is 14.1. The molecule has 0 spiro atoms. The summed E-state index contributed by atoms with van der Waals surface area (Å²) in [6.07, 6.45) is 0.138. The van der Waals surface area contributed by atoms with Crippen molar-refractivity contribution in [3.8, 4) is 11.5 Å². The SMILES string of the molecule is CC(C)Oc1ccc(NCc2cccc(F)c2)cc1OC(C)C. The largest absolute Gasteiger partial charge is 0.487 e. The predicted molar refractivity (Wildman–Crippen MR) is 91.7 cm³/mol. The highest BCUT2D eigenvalue weighted by atomic mass is 19.1. The average molecular weight is 317 g/mol. The first kappa shape index (κ1) is 17.1. The first-order valence-corrected chi connectivity index (χ1v) is 7.89. The van der Waals surface area contributed by atoms with Crippen LogP contribution in [0.4, 0.5) is 10.1 Å². The minimum absolute atomic E-state index is 0.0583. The first-order valence-electron chi connectivity index (χ1n) is 7.89. The summed E-state index contributed by atoms with van der Waals surface area (Å²) >= 11 is 0. The van der Waals surface area contributed by atoms with Crippen LogP contribution in [0.2, 0.25) is 0 Å². The Labute approximate surface area is 137 Å². The van der Waals surface area contributed by atoms with Crippen molar-refractivity contribution in [2.24, 2.45) is 0 Å². The van der Waals surface area contributed by atoms with Crippen LogP contribution in [0.3, 0.4) is 0 Å². The van der Waals surface area contributed by atoms with E-state index >= 15 is 0 Å². The molecule has 0 saturated carbocycles. The number of halogens is 1. The number of benzene rings is 2. The molecule has 0 bridgehead atoms. The molecule has 0 aromatic heterocycles. The van der Waals surface area contributed by atoms with Gasteiger partial charge in [0.25, 0.3) is 0 Å². The molecule has 124 valence electrons. The van der Waals surface area contributed by atoms with Crippen LogP contribution in [0, 0.1) is 5.82 Å². The molecule has 0 aliphatic carbocycles. The van der Waals surface area contributed by atoms with Crippen molar-refractivity contribution in [1.82, 2.24) is 0 Å². The first-order chi connectivity index (χ1) is 10.9. The van der Waals surface area contributed by atoms with Gasteiger partial charge in [-0.3, -0.25) is 0 Å². The molecule has 0 heterocycles. The van der Waals surface area contributed by atoms with Crippen molar-refractivity contribution in [1.29, 1.82) is 0 Å². The van der Waals surface area contributed by atoms with Gasteiger partial charge in [0.2, 0.25) is 0 Å². The van der Waals surface area contributed by atoms with Crippen LogP contribution >= 0.6 is 0 Å². The number of nitrogens with one attached hydrogen (secondary N) is 1. The molecule has 2 rings (SSSR count). The van der Waals surface area contributed by atoms with Gasteiger partial charge in [0.05, 0.1) is 12.2 Å². The van der Waals surface area contributed by atoms with E-state index in [9.17, 15) is 4.39 Å². The minimum Gasteiger partial charge on any atom is -0.487 e. The lowest BCUT2D eigenvalue weighted by Gasteiger charge is -2.18. The Morgan fingerprint density at radius 2 is 1.61 bits per heavy atom. The van der Waals surface area contributed by atoms with E-state index < -0.39 is 0 Å². The molecule has 0 aliphatic rings. The molecule has 0 atom stereocenters. The number of hydrogen-bond donors (Lipinski definition) is 1. The molecule has 3 nitrogen and oxygen atoms in total. The highest BCUT2D eigenvalue weighted by molar-refractivity contribution is 5.55. The van der Waals surface area contributed by atoms with E-state index in [2.05, 4.69) is 5.32 Å². The van der Waals surface area contributed by atoms with Crippen molar-refractivity contribution in [2.45, 2.75) is 46.4 Å². The number of ether oxygens (including phenoxy) is 2. The van der Waals surface area contributed by atoms with Crippen molar-refractivity contribution in [2.75, 3.05) is 5.32 Å². The smallest absolute Gasteiger partial charge is 0.163 e. The van der Waals surface area contributed by atoms with Crippen LogP contribution in [0.5, 0.6) is 11.5 Å². The molecular formula is C19H24FNO2. The van der Waals surface area contributed by atoms with Crippen LogP contribution in [0.25, 0.3) is 0 Å². The van der Waals surface area contributed by atoms with Crippen molar-refractivity contribution >= 4 is 5.69 Å². The Morgan fingerprint density at radius 3 is 2.26 bits per heavy atom. The Hall–Kier alpha value is -2.23. The maximum absolute atomic E-state index is 13.2. The molecule has 0 fully saturated rings. The zero-order chi connectivity index (χ0) is 16.8. The van der Waals surface area contributed by atoms with Crippen LogP contribution in [0.1, 0.15) is 33.3 Å². The summed E-state index contributed by atoms with van der Waals surface area (Å²) in [5.41, 5.74) is 1.79. The minimum atomic E-state index is -0.228. The highest BCUT2D eigenvalue weighted by Gasteiger charge is 2.10. The molecular weight excluding hydrogens is 293 g/mol. The molecule has 0 amide bonds. The second-order valence-electron chi connectivity index (χ2n) is 5.98. The normalized spacial score (nSPS) is 10.9. The third-order valence-corrected chi connectivity index (χ3v) is 3.05. The van der Waals surface area contributed by atoms with E-state index in [1.165, 1.54) is 12.1 Å². The second kappa shape index (κ2) is 7.86. The Balaban J connectivity index is 2.12. The van der Waals surface area contributed by atoms with Gasteiger partial charge in [0, 0.05) is 18.3 Å². The summed E-state index contributed by atoms with van der Waals surface area (Å²) in [5.74, 6) is 1.21. The Kier molecular flexibility index (Phi) is 5.85. The molecule has 2 aromatic carbocycles. The third-order valence-electron chi connectivity index (χ3n) is 3.05. The van der Waals surface area contributed by atoms with E-state index in [0.717, 1.165) is 17.0 Å².